The molecule has 5 aliphatic rings. The second-order valence-electron chi connectivity index (χ2n) is 20.2. The smallest absolute Gasteiger partial charge is 0.335 e. The third-order valence-corrected chi connectivity index (χ3v) is 15.8. The highest BCUT2D eigenvalue weighted by atomic mass is 19.1. The van der Waals surface area contributed by atoms with Gasteiger partial charge in [0.05, 0.1) is 11.7 Å². The lowest BCUT2D eigenvalue weighted by Gasteiger charge is -2.62. The molecule has 3 fully saturated rings. The number of carbonyl (C=O) groups is 5. The Kier molecular flexibility index (Phi) is 12.4. The van der Waals surface area contributed by atoms with Crippen LogP contribution in [-0.2, 0) is 39.5 Å². The molecule has 62 heavy (non-hydrogen) atoms. The minimum absolute atomic E-state index is 0.0430. The second kappa shape index (κ2) is 16.5. The molecule has 7 rings (SSSR count). The number of rotatable bonds is 9. The number of hydrogen-bond donors (Lipinski definition) is 2. The number of aliphatic hydroxyl groups is 1. The van der Waals surface area contributed by atoms with E-state index in [-0.39, 0.29) is 41.8 Å². The SMILES string of the molecule is C=C(c1ccc(C(=O)O)cc1)c1cc2c(cc1C)C(C)(C)CCC2(C)C.CCC(=O)OCC(=O)[C@@]1(OC(=O)CC)[C@@H](C)C[C@H]2[C@@H]3CCC4=CC(=O)C=C[C@]4(C)[C@@]3(F)[C@@H](O)C[C@@]21C. The van der Waals surface area contributed by atoms with Gasteiger partial charge < -0.3 is 19.7 Å². The van der Waals surface area contributed by atoms with Gasteiger partial charge in [-0.3, -0.25) is 19.2 Å². The summed E-state index contributed by atoms with van der Waals surface area (Å²) < 4.78 is 28.5. The Balaban J connectivity index is 0.000000218. The van der Waals surface area contributed by atoms with Crippen molar-refractivity contribution in [2.75, 3.05) is 6.61 Å². The number of ketones is 2. The summed E-state index contributed by atoms with van der Waals surface area (Å²) in [6, 6.07) is 11.6. The van der Waals surface area contributed by atoms with Crippen LogP contribution >= 0.6 is 0 Å². The summed E-state index contributed by atoms with van der Waals surface area (Å²) in [4.78, 5) is 61.4. The molecule has 2 aromatic rings. The van der Waals surface area contributed by atoms with Gasteiger partial charge in [0.1, 0.15) is 0 Å². The van der Waals surface area contributed by atoms with Gasteiger partial charge in [0.25, 0.3) is 0 Å². The molecule has 0 saturated heterocycles. The fourth-order valence-electron chi connectivity index (χ4n) is 12.0. The van der Waals surface area contributed by atoms with Gasteiger partial charge >= 0.3 is 17.9 Å². The van der Waals surface area contributed by atoms with Crippen molar-refractivity contribution in [2.45, 2.75) is 149 Å². The maximum atomic E-state index is 17.4. The van der Waals surface area contributed by atoms with Crippen LogP contribution in [0.2, 0.25) is 0 Å². The van der Waals surface area contributed by atoms with Crippen molar-refractivity contribution in [3.05, 3.63) is 100 Å². The summed E-state index contributed by atoms with van der Waals surface area (Å²) in [5, 5.41) is 20.6. The van der Waals surface area contributed by atoms with Crippen molar-refractivity contribution in [3.63, 3.8) is 0 Å². The molecular weight excluding hydrogens is 788 g/mol. The summed E-state index contributed by atoms with van der Waals surface area (Å²) in [6.07, 6.45) is 6.69. The van der Waals surface area contributed by atoms with Gasteiger partial charge in [0, 0.05) is 35.5 Å². The molecule has 0 heterocycles. The van der Waals surface area contributed by atoms with Crippen molar-refractivity contribution in [3.8, 4) is 0 Å². The van der Waals surface area contributed by atoms with Crippen LogP contribution in [0, 0.1) is 35.5 Å². The van der Waals surface area contributed by atoms with Crippen LogP contribution in [0.15, 0.2) is 66.8 Å². The first-order valence-electron chi connectivity index (χ1n) is 22.2. The van der Waals surface area contributed by atoms with Gasteiger partial charge in [-0.05, 0) is 127 Å². The Morgan fingerprint density at radius 1 is 0.887 bits per heavy atom. The molecule has 0 aromatic heterocycles. The Morgan fingerprint density at radius 3 is 2.05 bits per heavy atom. The maximum Gasteiger partial charge on any atom is 0.335 e. The van der Waals surface area contributed by atoms with E-state index >= 15 is 4.39 Å². The van der Waals surface area contributed by atoms with Crippen LogP contribution in [-0.4, -0.2) is 63.7 Å². The number of aromatic carboxylic acids is 1. The van der Waals surface area contributed by atoms with Crippen molar-refractivity contribution in [1.29, 1.82) is 0 Å². The van der Waals surface area contributed by atoms with Crippen LogP contribution in [0.25, 0.3) is 5.57 Å². The van der Waals surface area contributed by atoms with Crippen molar-refractivity contribution in [2.24, 2.45) is 28.6 Å². The first-order chi connectivity index (χ1) is 28.8. The number of carboxylic acid groups (broad SMARTS) is 1. The normalized spacial score (nSPS) is 32.3. The fourth-order valence-corrected chi connectivity index (χ4v) is 12.0. The molecule has 0 unspecified atom stereocenters. The van der Waals surface area contributed by atoms with Crippen molar-refractivity contribution in [1.82, 2.24) is 0 Å². The average molecular weight is 853 g/mol. The second-order valence-corrected chi connectivity index (χ2v) is 20.2. The molecule has 0 amide bonds. The van der Waals surface area contributed by atoms with Gasteiger partial charge in [-0.25, -0.2) is 9.18 Å². The van der Waals surface area contributed by atoms with E-state index in [1.54, 1.807) is 45.9 Å². The molecule has 2 aromatic carbocycles. The molecule has 0 aliphatic heterocycles. The summed E-state index contributed by atoms with van der Waals surface area (Å²) in [6.45, 7) is 23.8. The van der Waals surface area contributed by atoms with Crippen LogP contribution in [0.4, 0.5) is 4.39 Å². The van der Waals surface area contributed by atoms with E-state index in [1.165, 1.54) is 41.7 Å². The average Bonchev–Trinajstić information content (AvgIpc) is 3.44. The van der Waals surface area contributed by atoms with Gasteiger partial charge in [0.2, 0.25) is 5.78 Å². The number of hydrogen-bond acceptors (Lipinski definition) is 8. The predicted molar refractivity (Wildman–Crippen MR) is 236 cm³/mol. The zero-order chi connectivity index (χ0) is 46.0. The highest BCUT2D eigenvalue weighted by Crippen LogP contribution is 2.71. The van der Waals surface area contributed by atoms with Gasteiger partial charge in [-0.1, -0.05) is 97.9 Å². The molecule has 9 nitrogen and oxygen atoms in total. The number of benzene rings is 2. The van der Waals surface area contributed by atoms with E-state index in [1.807, 2.05) is 19.1 Å². The number of fused-ring (bicyclic) bond motifs is 6. The highest BCUT2D eigenvalue weighted by Gasteiger charge is 2.77. The summed E-state index contributed by atoms with van der Waals surface area (Å²) >= 11 is 0. The number of carbonyl (C=O) groups excluding carboxylic acids is 4. The van der Waals surface area contributed by atoms with Crippen LogP contribution < -0.4 is 0 Å². The summed E-state index contributed by atoms with van der Waals surface area (Å²) in [5.41, 5.74) is 2.53. The molecule has 0 bridgehead atoms. The number of aliphatic hydroxyl groups excluding tert-OH is 1. The topological polar surface area (TPSA) is 144 Å². The van der Waals surface area contributed by atoms with Gasteiger partial charge in [-0.15, -0.1) is 0 Å². The minimum Gasteiger partial charge on any atom is -0.478 e. The third kappa shape index (κ3) is 7.41. The maximum absolute atomic E-state index is 17.4. The van der Waals surface area contributed by atoms with E-state index in [0.29, 0.717) is 30.4 Å². The number of esters is 2. The van der Waals surface area contributed by atoms with Crippen molar-refractivity contribution >= 4 is 35.0 Å². The molecule has 2 N–H and O–H groups in total. The Morgan fingerprint density at radius 2 is 1.47 bits per heavy atom. The Hall–Kier alpha value is -4.70. The Bertz CT molecular complexity index is 2250. The first-order valence-corrected chi connectivity index (χ1v) is 22.2. The molecule has 334 valence electrons. The van der Waals surface area contributed by atoms with E-state index in [9.17, 15) is 29.1 Å². The largest absolute Gasteiger partial charge is 0.478 e. The number of alkyl halides is 1. The first kappa shape index (κ1) is 46.8. The highest BCUT2D eigenvalue weighted by molar-refractivity contribution is 6.01. The Labute approximate surface area is 366 Å². The van der Waals surface area contributed by atoms with E-state index in [2.05, 4.69) is 53.3 Å². The monoisotopic (exact) mass is 852 g/mol. The van der Waals surface area contributed by atoms with E-state index < -0.39 is 70.3 Å². The fraction of sp³-hybridized carbons (Fsp3) is 0.558. The number of aryl methyl sites for hydroxylation is 1. The lowest BCUT2D eigenvalue weighted by molar-refractivity contribution is -0.228. The number of halogens is 1. The molecule has 8 atom stereocenters. The van der Waals surface area contributed by atoms with E-state index in [4.69, 9.17) is 14.6 Å². The zero-order valence-electron chi connectivity index (χ0n) is 38.2. The van der Waals surface area contributed by atoms with Crippen LogP contribution in [0.3, 0.4) is 0 Å². The molecule has 3 saturated carbocycles. The molecule has 0 radical (unpaired) electrons. The number of allylic oxidation sites excluding steroid dienone is 4. The molecule has 5 aliphatic carbocycles. The molecule has 0 spiro atoms. The molecule has 10 heteroatoms. The van der Waals surface area contributed by atoms with Crippen LogP contribution in [0.5, 0.6) is 0 Å². The zero-order valence-corrected chi connectivity index (χ0v) is 38.2. The third-order valence-electron chi connectivity index (χ3n) is 15.8. The summed E-state index contributed by atoms with van der Waals surface area (Å²) in [7, 11) is 0. The molecular formula is C52H65FO9. The van der Waals surface area contributed by atoms with Crippen molar-refractivity contribution < 1.29 is 48.0 Å². The van der Waals surface area contributed by atoms with Gasteiger partial charge in [0.15, 0.2) is 23.7 Å². The lowest BCUT2D eigenvalue weighted by atomic mass is 9.44. The predicted octanol–water partition coefficient (Wildman–Crippen LogP) is 9.92. The van der Waals surface area contributed by atoms with Gasteiger partial charge in [-0.2, -0.15) is 0 Å². The quantitative estimate of drug-likeness (QED) is 0.236. The minimum atomic E-state index is -2.05. The van der Waals surface area contributed by atoms with E-state index in [0.717, 1.165) is 16.7 Å². The number of Topliss-reactive ketones (excluding diaryl/α,β-unsaturated/α-hetero) is 1. The van der Waals surface area contributed by atoms with Crippen LogP contribution in [0.1, 0.15) is 152 Å². The number of carboxylic acids is 1. The summed E-state index contributed by atoms with van der Waals surface area (Å²) in [5.74, 6) is -4.21. The lowest BCUT2D eigenvalue weighted by Crippen LogP contribution is -2.70. The number of ether oxygens (including phenoxy) is 2. The standard InChI is InChI=1S/C28H37FO7.C24H28O2/c1-6-23(33)35-15-22(32)28(36-24(34)7-2)16(3)12-20-19-9-8-17-13-18(30)10-11-25(17,4)27(19,29)21(31)14-26(20,28)5;1-15-13-20-21(24(5,6)12-11-23(20,3)4)14-19(15)16(2)17-7-9-18(10-8-17)22(25)26/h10-11,13,16,19-21,31H,6-9,12,14-15H2,1-5H3;7-10,13-14H,2,11-12H2,1,3-6H3,(H,25,26)/t16-,19-,20-,21-,25-,26-,27-,28-;/m0./s1.